The minimum atomic E-state index is -1.80. The number of benzene rings is 3. The van der Waals surface area contributed by atoms with Gasteiger partial charge >= 0.3 is 0 Å². The summed E-state index contributed by atoms with van der Waals surface area (Å²) in [6, 6.07) is 27.9. The molecule has 38 heavy (non-hydrogen) atoms. The summed E-state index contributed by atoms with van der Waals surface area (Å²) >= 11 is 3.54. The molecule has 2 aliphatic rings. The van der Waals surface area contributed by atoms with E-state index in [1.807, 2.05) is 72.8 Å². The standard InChI is InChI=1S/C31H29BrN2O4/c1-37-25-18-34-19-26-28(25)30(36)29(35)24(17-33-16-20-8-4-2-5-9-20)27(21-10-6-3-7-11-21)31(30,38-26)22-12-14-23(32)15-13-22/h2-15,18-19,24,27,29,33,35-36H,16-17H2,1H3/t24-,27?,29-,30?,31-/m1/s1. The van der Waals surface area contributed by atoms with Gasteiger partial charge < -0.3 is 25.0 Å². The average Bonchev–Trinajstić information content (AvgIpc) is 3.33. The maximum absolute atomic E-state index is 12.8. The Bertz CT molecular complexity index is 1420. The van der Waals surface area contributed by atoms with Crippen molar-refractivity contribution in [3.8, 4) is 11.5 Å². The Hall–Kier alpha value is -3.23. The number of nitrogens with one attached hydrogen (secondary N) is 1. The Kier molecular flexibility index (Phi) is 6.48. The number of ether oxygens (including phenoxy) is 2. The molecule has 1 aromatic heterocycles. The van der Waals surface area contributed by atoms with Gasteiger partial charge in [-0.1, -0.05) is 88.7 Å². The maximum Gasteiger partial charge on any atom is 0.177 e. The van der Waals surface area contributed by atoms with Crippen molar-refractivity contribution in [3.63, 3.8) is 0 Å². The topological polar surface area (TPSA) is 83.8 Å². The van der Waals surface area contributed by atoms with Crippen LogP contribution >= 0.6 is 15.9 Å². The van der Waals surface area contributed by atoms with Crippen LogP contribution in [-0.2, 0) is 17.7 Å². The minimum absolute atomic E-state index is 0.382. The summed E-state index contributed by atoms with van der Waals surface area (Å²) in [5, 5.41) is 28.5. The number of hydrogen-bond acceptors (Lipinski definition) is 6. The molecule has 3 aromatic carbocycles. The van der Waals surface area contributed by atoms with Crippen molar-refractivity contribution in [1.29, 1.82) is 0 Å². The number of fused-ring (bicyclic) bond motifs is 3. The molecule has 6 nitrogen and oxygen atoms in total. The zero-order chi connectivity index (χ0) is 26.3. The molecule has 6 rings (SSSR count). The lowest BCUT2D eigenvalue weighted by atomic mass is 9.70. The van der Waals surface area contributed by atoms with Gasteiger partial charge in [0.05, 0.1) is 31.2 Å². The first-order valence-electron chi connectivity index (χ1n) is 12.7. The molecule has 1 saturated carbocycles. The van der Waals surface area contributed by atoms with Gasteiger partial charge in [-0.3, -0.25) is 4.98 Å². The van der Waals surface area contributed by atoms with E-state index in [4.69, 9.17) is 9.47 Å². The van der Waals surface area contributed by atoms with Crippen molar-refractivity contribution in [2.75, 3.05) is 13.7 Å². The highest BCUT2D eigenvalue weighted by Crippen LogP contribution is 2.69. The fourth-order valence-corrected chi connectivity index (χ4v) is 6.70. The largest absolute Gasteiger partial charge is 0.495 e. The van der Waals surface area contributed by atoms with Crippen LogP contribution in [0.4, 0.5) is 0 Å². The fraction of sp³-hybridized carbons (Fsp3) is 0.258. The molecule has 0 spiro atoms. The number of aliphatic hydroxyl groups excluding tert-OH is 1. The quantitative estimate of drug-likeness (QED) is 0.292. The predicted molar refractivity (Wildman–Crippen MR) is 148 cm³/mol. The van der Waals surface area contributed by atoms with Crippen LogP contribution in [-0.4, -0.2) is 35.0 Å². The number of methoxy groups -OCH3 is 1. The summed E-state index contributed by atoms with van der Waals surface area (Å²) in [4.78, 5) is 4.29. The normalized spacial score (nSPS) is 27.4. The monoisotopic (exact) mass is 572 g/mol. The molecule has 1 fully saturated rings. The zero-order valence-electron chi connectivity index (χ0n) is 20.9. The molecule has 0 radical (unpaired) electrons. The first-order chi connectivity index (χ1) is 18.5. The summed E-state index contributed by atoms with van der Waals surface area (Å²) in [5.41, 5.74) is 0.177. The van der Waals surface area contributed by atoms with E-state index in [1.165, 1.54) is 7.11 Å². The fourth-order valence-electron chi connectivity index (χ4n) is 6.44. The lowest BCUT2D eigenvalue weighted by molar-refractivity contribution is -0.152. The van der Waals surface area contributed by atoms with Gasteiger partial charge in [-0.2, -0.15) is 0 Å². The summed E-state index contributed by atoms with van der Waals surface area (Å²) in [6.07, 6.45) is 1.98. The predicted octanol–water partition coefficient (Wildman–Crippen LogP) is 4.89. The van der Waals surface area contributed by atoms with E-state index in [2.05, 4.69) is 38.4 Å². The van der Waals surface area contributed by atoms with E-state index in [1.54, 1.807) is 12.4 Å². The van der Waals surface area contributed by atoms with E-state index in [-0.39, 0.29) is 5.92 Å². The molecule has 0 bridgehead atoms. The minimum Gasteiger partial charge on any atom is -0.495 e. The average molecular weight is 573 g/mol. The van der Waals surface area contributed by atoms with Crippen molar-refractivity contribution in [2.45, 2.75) is 29.8 Å². The molecule has 0 amide bonds. The van der Waals surface area contributed by atoms with E-state index in [9.17, 15) is 10.2 Å². The highest BCUT2D eigenvalue weighted by Gasteiger charge is 2.76. The zero-order valence-corrected chi connectivity index (χ0v) is 22.5. The molecule has 7 heteroatoms. The summed E-state index contributed by atoms with van der Waals surface area (Å²) in [7, 11) is 1.54. The van der Waals surface area contributed by atoms with Crippen LogP contribution in [0, 0.1) is 5.92 Å². The van der Waals surface area contributed by atoms with Gasteiger partial charge in [0.2, 0.25) is 0 Å². The number of nitrogens with zero attached hydrogens (tertiary/aromatic N) is 1. The number of pyridine rings is 1. The van der Waals surface area contributed by atoms with Crippen molar-refractivity contribution >= 4 is 15.9 Å². The second-order valence-corrected chi connectivity index (χ2v) is 10.9. The second-order valence-electron chi connectivity index (χ2n) is 9.94. The number of halogens is 1. The van der Waals surface area contributed by atoms with E-state index >= 15 is 0 Å². The van der Waals surface area contributed by atoms with Crippen molar-refractivity contribution in [1.82, 2.24) is 10.3 Å². The Morgan fingerprint density at radius 2 is 1.66 bits per heavy atom. The number of aliphatic hydroxyl groups is 2. The molecule has 5 atom stereocenters. The molecule has 3 N–H and O–H groups in total. The van der Waals surface area contributed by atoms with Gasteiger partial charge in [0, 0.05) is 29.4 Å². The third kappa shape index (κ3) is 3.68. The SMILES string of the molecule is COc1cncc2c1C1(O)[C@H](O)[C@H](CNCc3ccccc3)C(c3ccccc3)[C@@]1(c1ccc(Br)cc1)O2. The van der Waals surface area contributed by atoms with Crippen LogP contribution in [0.15, 0.2) is 102 Å². The van der Waals surface area contributed by atoms with Gasteiger partial charge in [-0.15, -0.1) is 0 Å². The number of hydrogen-bond donors (Lipinski definition) is 3. The molecular formula is C31H29BrN2O4. The first-order valence-corrected chi connectivity index (χ1v) is 13.5. The second kappa shape index (κ2) is 9.82. The first kappa shape index (κ1) is 25.1. The third-order valence-electron chi connectivity index (χ3n) is 8.00. The van der Waals surface area contributed by atoms with Crippen molar-refractivity contribution < 1.29 is 19.7 Å². The van der Waals surface area contributed by atoms with Crippen LogP contribution in [0.25, 0.3) is 0 Å². The molecule has 2 unspecified atom stereocenters. The molecule has 194 valence electrons. The van der Waals surface area contributed by atoms with Crippen molar-refractivity contribution in [3.05, 3.63) is 124 Å². The lowest BCUT2D eigenvalue weighted by Crippen LogP contribution is -2.52. The Balaban J connectivity index is 1.53. The van der Waals surface area contributed by atoms with Crippen LogP contribution < -0.4 is 14.8 Å². The van der Waals surface area contributed by atoms with Gasteiger partial charge in [0.1, 0.15) is 11.5 Å². The van der Waals surface area contributed by atoms with Gasteiger partial charge in [0.15, 0.2) is 11.2 Å². The summed E-state index contributed by atoms with van der Waals surface area (Å²) in [5.74, 6) is 0.00391. The Morgan fingerprint density at radius 3 is 2.34 bits per heavy atom. The summed E-state index contributed by atoms with van der Waals surface area (Å²) in [6.45, 7) is 1.10. The van der Waals surface area contributed by atoms with Crippen molar-refractivity contribution in [2.24, 2.45) is 5.92 Å². The van der Waals surface area contributed by atoms with Crippen LogP contribution in [0.2, 0.25) is 0 Å². The third-order valence-corrected chi connectivity index (χ3v) is 8.53. The van der Waals surface area contributed by atoms with Crippen LogP contribution in [0.3, 0.4) is 0 Å². The smallest absolute Gasteiger partial charge is 0.177 e. The van der Waals surface area contributed by atoms with Crippen LogP contribution in [0.1, 0.15) is 28.2 Å². The Morgan fingerprint density at radius 1 is 0.974 bits per heavy atom. The van der Waals surface area contributed by atoms with E-state index in [0.29, 0.717) is 30.2 Å². The highest BCUT2D eigenvalue weighted by molar-refractivity contribution is 9.10. The highest BCUT2D eigenvalue weighted by atomic mass is 79.9. The van der Waals surface area contributed by atoms with Gasteiger partial charge in [-0.25, -0.2) is 0 Å². The van der Waals surface area contributed by atoms with E-state index < -0.39 is 23.2 Å². The van der Waals surface area contributed by atoms with E-state index in [0.717, 1.165) is 21.2 Å². The molecule has 1 aliphatic carbocycles. The number of aromatic nitrogens is 1. The van der Waals surface area contributed by atoms with Gasteiger partial charge in [-0.05, 0) is 28.8 Å². The lowest BCUT2D eigenvalue weighted by Gasteiger charge is -2.41. The molecule has 4 aromatic rings. The Labute approximate surface area is 230 Å². The van der Waals surface area contributed by atoms with Gasteiger partial charge in [0.25, 0.3) is 0 Å². The molecule has 0 saturated heterocycles. The molecule has 1 aliphatic heterocycles. The number of rotatable bonds is 7. The molecule has 2 heterocycles. The summed E-state index contributed by atoms with van der Waals surface area (Å²) < 4.78 is 13.4. The maximum atomic E-state index is 12.8. The van der Waals surface area contributed by atoms with Crippen LogP contribution in [0.5, 0.6) is 11.5 Å². The molecular weight excluding hydrogens is 544 g/mol.